The van der Waals surface area contributed by atoms with E-state index >= 15 is 0 Å². The minimum absolute atomic E-state index is 0.126. The Bertz CT molecular complexity index is 815. The number of carboxylic acid groups (broad SMARTS) is 1. The standard InChI is InChI=1S/C26H42N2O6/c1-7-9-10-12-27(11-8-2)23(31)21-26-14-17(5)25(6,34-26)20(24(32)33)19(26)22(30)28(21)18(15-29)13-16(3)4/h8,16-21,29H,2,7,9-15H2,1,3-6H3,(H,32,33)/t17?,18-,19+,20-,21?,25+,26?/m1/s1. The van der Waals surface area contributed by atoms with Gasteiger partial charge in [-0.1, -0.05) is 46.6 Å². The second-order valence-corrected chi connectivity index (χ2v) is 11.0. The Morgan fingerprint density at radius 2 is 2.03 bits per heavy atom. The van der Waals surface area contributed by atoms with E-state index in [4.69, 9.17) is 4.74 Å². The lowest BCUT2D eigenvalue weighted by molar-refractivity contribution is -0.160. The fourth-order valence-electron chi connectivity index (χ4n) is 6.72. The highest BCUT2D eigenvalue weighted by Crippen LogP contribution is 2.65. The van der Waals surface area contributed by atoms with Gasteiger partial charge in [0, 0.05) is 13.1 Å². The summed E-state index contributed by atoms with van der Waals surface area (Å²) in [5, 5.41) is 20.4. The summed E-state index contributed by atoms with van der Waals surface area (Å²) in [4.78, 5) is 43.8. The molecule has 0 aromatic rings. The van der Waals surface area contributed by atoms with Crippen LogP contribution in [-0.4, -0.2) is 80.8 Å². The molecule has 2 bridgehead atoms. The third-order valence-electron chi connectivity index (χ3n) is 8.29. The Balaban J connectivity index is 2.11. The molecule has 2 amide bonds. The monoisotopic (exact) mass is 478 g/mol. The number of hydrogen-bond donors (Lipinski definition) is 2. The highest BCUT2D eigenvalue weighted by atomic mass is 16.5. The topological polar surface area (TPSA) is 107 Å². The van der Waals surface area contributed by atoms with Gasteiger partial charge in [-0.25, -0.2) is 0 Å². The third kappa shape index (κ3) is 4.06. The van der Waals surface area contributed by atoms with Crippen LogP contribution in [0.25, 0.3) is 0 Å². The largest absolute Gasteiger partial charge is 0.481 e. The van der Waals surface area contributed by atoms with Gasteiger partial charge in [-0.2, -0.15) is 0 Å². The van der Waals surface area contributed by atoms with Crippen molar-refractivity contribution in [1.29, 1.82) is 0 Å². The Labute approximate surface area is 203 Å². The maximum absolute atomic E-state index is 14.2. The van der Waals surface area contributed by atoms with Gasteiger partial charge in [-0.15, -0.1) is 6.58 Å². The Morgan fingerprint density at radius 3 is 2.56 bits per heavy atom. The number of aliphatic hydroxyl groups is 1. The number of rotatable bonds is 12. The van der Waals surface area contributed by atoms with Crippen molar-refractivity contribution in [1.82, 2.24) is 9.80 Å². The van der Waals surface area contributed by atoms with Crippen molar-refractivity contribution < 1.29 is 29.3 Å². The molecule has 1 spiro atoms. The molecular formula is C26H42N2O6. The number of carbonyl (C=O) groups excluding carboxylic acids is 2. The second kappa shape index (κ2) is 9.97. The highest BCUT2D eigenvalue weighted by molar-refractivity contribution is 5.98. The summed E-state index contributed by atoms with van der Waals surface area (Å²) in [6, 6.07) is -1.54. The zero-order chi connectivity index (χ0) is 25.4. The van der Waals surface area contributed by atoms with Crippen LogP contribution in [0.15, 0.2) is 12.7 Å². The van der Waals surface area contributed by atoms with Crippen molar-refractivity contribution in [2.24, 2.45) is 23.7 Å². The van der Waals surface area contributed by atoms with E-state index in [0.29, 0.717) is 25.9 Å². The molecule has 3 saturated heterocycles. The quantitative estimate of drug-likeness (QED) is 0.330. The number of likely N-dealkylation sites (tertiary alicyclic amines) is 1. The van der Waals surface area contributed by atoms with E-state index in [0.717, 1.165) is 19.3 Å². The average molecular weight is 479 g/mol. The second-order valence-electron chi connectivity index (χ2n) is 11.0. The van der Waals surface area contributed by atoms with Gasteiger partial charge in [-0.3, -0.25) is 14.4 Å². The van der Waals surface area contributed by atoms with E-state index in [1.54, 1.807) is 17.9 Å². The maximum atomic E-state index is 14.2. The van der Waals surface area contributed by atoms with Crippen molar-refractivity contribution in [3.8, 4) is 0 Å². The zero-order valence-electron chi connectivity index (χ0n) is 21.3. The maximum Gasteiger partial charge on any atom is 0.310 e. The molecule has 3 heterocycles. The summed E-state index contributed by atoms with van der Waals surface area (Å²) in [6.07, 6.45) is 5.44. The number of aliphatic carboxylic acids is 1. The number of nitrogens with zero attached hydrogens (tertiary/aromatic N) is 2. The van der Waals surface area contributed by atoms with Crippen LogP contribution in [0.4, 0.5) is 0 Å². The molecule has 8 heteroatoms. The van der Waals surface area contributed by atoms with Crippen molar-refractivity contribution >= 4 is 17.8 Å². The number of ether oxygens (including phenoxy) is 1. The van der Waals surface area contributed by atoms with Crippen LogP contribution in [-0.2, 0) is 19.1 Å². The summed E-state index contributed by atoms with van der Waals surface area (Å²) >= 11 is 0. The Hall–Kier alpha value is -1.93. The van der Waals surface area contributed by atoms with E-state index in [2.05, 4.69) is 13.5 Å². The average Bonchev–Trinajstić information content (AvgIpc) is 3.28. The summed E-state index contributed by atoms with van der Waals surface area (Å²) in [5.74, 6) is -3.62. The van der Waals surface area contributed by atoms with Crippen LogP contribution in [0.1, 0.15) is 66.7 Å². The number of unbranched alkanes of at least 4 members (excludes halogenated alkanes) is 2. The molecule has 34 heavy (non-hydrogen) atoms. The molecule has 2 N–H and O–H groups in total. The molecule has 3 fully saturated rings. The van der Waals surface area contributed by atoms with E-state index in [9.17, 15) is 24.6 Å². The number of carboxylic acids is 1. The summed E-state index contributed by atoms with van der Waals surface area (Å²) in [7, 11) is 0. The van der Waals surface area contributed by atoms with Gasteiger partial charge < -0.3 is 24.7 Å². The molecule has 3 aliphatic heterocycles. The number of carbonyl (C=O) groups is 3. The first-order chi connectivity index (χ1) is 16.0. The lowest BCUT2D eigenvalue weighted by atomic mass is 9.62. The first-order valence-electron chi connectivity index (χ1n) is 12.8. The minimum atomic E-state index is -1.21. The first-order valence-corrected chi connectivity index (χ1v) is 12.8. The van der Waals surface area contributed by atoms with Gasteiger partial charge >= 0.3 is 5.97 Å². The molecule has 0 aromatic heterocycles. The number of fused-ring (bicyclic) bond motifs is 1. The van der Waals surface area contributed by atoms with Gasteiger partial charge in [0.25, 0.3) is 0 Å². The van der Waals surface area contributed by atoms with E-state index in [1.807, 2.05) is 20.8 Å². The molecule has 7 atom stereocenters. The Morgan fingerprint density at radius 1 is 1.35 bits per heavy atom. The van der Waals surface area contributed by atoms with Gasteiger partial charge in [0.05, 0.1) is 24.2 Å². The van der Waals surface area contributed by atoms with Gasteiger partial charge in [-0.05, 0) is 38.0 Å². The van der Waals surface area contributed by atoms with Crippen LogP contribution in [0, 0.1) is 23.7 Å². The molecule has 3 unspecified atom stereocenters. The van der Waals surface area contributed by atoms with E-state index in [-0.39, 0.29) is 30.3 Å². The predicted molar refractivity (Wildman–Crippen MR) is 128 cm³/mol. The summed E-state index contributed by atoms with van der Waals surface area (Å²) < 4.78 is 6.55. The molecular weight excluding hydrogens is 436 g/mol. The van der Waals surface area contributed by atoms with E-state index < -0.39 is 41.1 Å². The minimum Gasteiger partial charge on any atom is -0.481 e. The third-order valence-corrected chi connectivity index (χ3v) is 8.29. The molecule has 3 aliphatic rings. The van der Waals surface area contributed by atoms with Gasteiger partial charge in [0.1, 0.15) is 17.6 Å². The Kier molecular flexibility index (Phi) is 7.82. The fraction of sp³-hybridized carbons (Fsp3) is 0.808. The lowest BCUT2D eigenvalue weighted by Crippen LogP contribution is -2.59. The summed E-state index contributed by atoms with van der Waals surface area (Å²) in [6.45, 7) is 14.2. The van der Waals surface area contributed by atoms with Crippen molar-refractivity contribution in [2.45, 2.75) is 90.0 Å². The van der Waals surface area contributed by atoms with E-state index in [1.165, 1.54) is 4.90 Å². The fourth-order valence-corrected chi connectivity index (χ4v) is 6.72. The van der Waals surface area contributed by atoms with Crippen LogP contribution >= 0.6 is 0 Å². The first kappa shape index (κ1) is 26.7. The molecule has 3 rings (SSSR count). The smallest absolute Gasteiger partial charge is 0.310 e. The van der Waals surface area contributed by atoms with Gasteiger partial charge in [0.2, 0.25) is 11.8 Å². The predicted octanol–water partition coefficient (Wildman–Crippen LogP) is 2.69. The van der Waals surface area contributed by atoms with Crippen LogP contribution < -0.4 is 0 Å². The number of hydrogen-bond acceptors (Lipinski definition) is 5. The zero-order valence-corrected chi connectivity index (χ0v) is 21.3. The van der Waals surface area contributed by atoms with Crippen molar-refractivity contribution in [3.63, 3.8) is 0 Å². The molecule has 0 aromatic carbocycles. The van der Waals surface area contributed by atoms with Crippen LogP contribution in [0.3, 0.4) is 0 Å². The molecule has 192 valence electrons. The molecule has 0 saturated carbocycles. The normalized spacial score (nSPS) is 35.0. The van der Waals surface area contributed by atoms with Gasteiger partial charge in [0.15, 0.2) is 0 Å². The van der Waals surface area contributed by atoms with Crippen molar-refractivity contribution in [2.75, 3.05) is 19.7 Å². The molecule has 0 aliphatic carbocycles. The molecule has 8 nitrogen and oxygen atoms in total. The summed E-state index contributed by atoms with van der Waals surface area (Å²) in [5.41, 5.74) is -2.23. The number of amides is 2. The van der Waals surface area contributed by atoms with Crippen LogP contribution in [0.5, 0.6) is 0 Å². The number of aliphatic hydroxyl groups excluding tert-OH is 1. The SMILES string of the molecule is C=CCN(CCCCC)C(=O)C1N([C@@H](CO)CC(C)C)C(=O)[C@@H]2[C@H](C(=O)O)[C@@]3(C)OC12CC3C. The van der Waals surface area contributed by atoms with Crippen molar-refractivity contribution in [3.05, 3.63) is 12.7 Å². The molecule has 0 radical (unpaired) electrons. The highest BCUT2D eigenvalue weighted by Gasteiger charge is 2.80. The van der Waals surface area contributed by atoms with Crippen LogP contribution in [0.2, 0.25) is 0 Å². The lowest BCUT2D eigenvalue weighted by Gasteiger charge is -2.40.